The number of hydrogen-bond donors (Lipinski definition) is 1. The van der Waals surface area contributed by atoms with E-state index >= 15 is 0 Å². The van der Waals surface area contributed by atoms with Crippen LogP contribution in [-0.2, 0) is 0 Å². The van der Waals surface area contributed by atoms with E-state index in [2.05, 4.69) is 17.1 Å². The molecule has 2 rings (SSSR count). The molecule has 1 aliphatic carbocycles. The summed E-state index contributed by atoms with van der Waals surface area (Å²) in [6.07, 6.45) is 8.66. The van der Waals surface area contributed by atoms with Crippen molar-refractivity contribution >= 4 is 0 Å². The Morgan fingerprint density at radius 2 is 1.80 bits per heavy atom. The molecule has 1 N–H and O–H groups in total. The first-order valence-electron chi connectivity index (χ1n) is 6.82. The lowest BCUT2D eigenvalue weighted by Gasteiger charge is -2.22. The minimum Gasteiger partial charge on any atom is -0.313 e. The van der Waals surface area contributed by atoms with E-state index in [4.69, 9.17) is 0 Å². The van der Waals surface area contributed by atoms with E-state index in [1.54, 1.807) is 0 Å². The van der Waals surface area contributed by atoms with Gasteiger partial charge in [0.2, 0.25) is 0 Å². The highest BCUT2D eigenvalue weighted by Crippen LogP contribution is 2.27. The van der Waals surface area contributed by atoms with Crippen LogP contribution in [0.3, 0.4) is 0 Å². The molecule has 0 bridgehead atoms. The summed E-state index contributed by atoms with van der Waals surface area (Å²) in [6.45, 7) is 7.49. The van der Waals surface area contributed by atoms with Crippen molar-refractivity contribution in [2.45, 2.75) is 51.5 Å². The Bertz CT molecular complexity index is 169. The normalized spacial score (nSPS) is 26.2. The third-order valence-electron chi connectivity index (χ3n) is 4.20. The van der Waals surface area contributed by atoms with Gasteiger partial charge < -0.3 is 10.2 Å². The predicted molar refractivity (Wildman–Crippen MR) is 65.1 cm³/mol. The van der Waals surface area contributed by atoms with Gasteiger partial charge in [0.15, 0.2) is 0 Å². The lowest BCUT2D eigenvalue weighted by molar-refractivity contribution is 0.309. The van der Waals surface area contributed by atoms with E-state index in [9.17, 15) is 0 Å². The fourth-order valence-electron chi connectivity index (χ4n) is 3.08. The van der Waals surface area contributed by atoms with Gasteiger partial charge in [-0.25, -0.2) is 0 Å². The van der Waals surface area contributed by atoms with Gasteiger partial charge in [0.25, 0.3) is 0 Å². The minimum atomic E-state index is 0.745. The minimum absolute atomic E-state index is 0.745. The molecule has 88 valence electrons. The smallest absolute Gasteiger partial charge is 0.0107 e. The summed E-state index contributed by atoms with van der Waals surface area (Å²) in [5.41, 5.74) is 0. The average molecular weight is 210 g/mol. The van der Waals surface area contributed by atoms with Crippen molar-refractivity contribution in [3.8, 4) is 0 Å². The molecule has 1 atom stereocenters. The van der Waals surface area contributed by atoms with Gasteiger partial charge >= 0.3 is 0 Å². The summed E-state index contributed by atoms with van der Waals surface area (Å²) in [7, 11) is 0. The van der Waals surface area contributed by atoms with Crippen molar-refractivity contribution < 1.29 is 0 Å². The molecule has 0 aromatic heterocycles. The highest BCUT2D eigenvalue weighted by molar-refractivity contribution is 4.78. The molecule has 2 heteroatoms. The van der Waals surface area contributed by atoms with Crippen LogP contribution in [0.1, 0.15) is 45.4 Å². The molecule has 1 saturated carbocycles. The maximum atomic E-state index is 3.71. The van der Waals surface area contributed by atoms with Crippen LogP contribution in [0.25, 0.3) is 0 Å². The lowest BCUT2D eigenvalue weighted by atomic mass is 10.00. The van der Waals surface area contributed by atoms with Crippen LogP contribution in [-0.4, -0.2) is 37.1 Å². The topological polar surface area (TPSA) is 15.3 Å². The van der Waals surface area contributed by atoms with Crippen LogP contribution < -0.4 is 5.32 Å². The van der Waals surface area contributed by atoms with Crippen LogP contribution >= 0.6 is 0 Å². The van der Waals surface area contributed by atoms with Gasteiger partial charge in [-0.1, -0.05) is 12.8 Å². The van der Waals surface area contributed by atoms with Crippen LogP contribution in [0.5, 0.6) is 0 Å². The molecule has 0 aromatic carbocycles. The summed E-state index contributed by atoms with van der Waals surface area (Å²) < 4.78 is 0. The largest absolute Gasteiger partial charge is 0.313 e. The van der Waals surface area contributed by atoms with Crippen LogP contribution in [0.4, 0.5) is 0 Å². The van der Waals surface area contributed by atoms with Gasteiger partial charge in [-0.3, -0.25) is 0 Å². The average Bonchev–Trinajstić information content (AvgIpc) is 2.90. The monoisotopic (exact) mass is 210 g/mol. The molecular formula is C13H26N2. The Hall–Kier alpha value is -0.0800. The fraction of sp³-hybridized carbons (Fsp3) is 1.00. The zero-order valence-corrected chi connectivity index (χ0v) is 10.2. The van der Waals surface area contributed by atoms with E-state index in [1.165, 1.54) is 64.7 Å². The Balaban J connectivity index is 1.56. The van der Waals surface area contributed by atoms with Gasteiger partial charge in [-0.2, -0.15) is 0 Å². The quantitative estimate of drug-likeness (QED) is 0.749. The maximum absolute atomic E-state index is 3.71. The number of nitrogens with zero attached hydrogens (tertiary/aromatic N) is 1. The summed E-state index contributed by atoms with van der Waals surface area (Å²) >= 11 is 0. The molecule has 1 saturated heterocycles. The number of nitrogens with one attached hydrogen (secondary N) is 1. The SMILES string of the molecule is CC(NCCN1CCCC1)C1CCCC1. The highest BCUT2D eigenvalue weighted by Gasteiger charge is 2.21. The van der Waals surface area contributed by atoms with Gasteiger partial charge in [-0.05, 0) is 51.6 Å². The summed E-state index contributed by atoms with van der Waals surface area (Å²) in [5.74, 6) is 0.962. The van der Waals surface area contributed by atoms with E-state index in [1.807, 2.05) is 0 Å². The van der Waals surface area contributed by atoms with Gasteiger partial charge in [0.1, 0.15) is 0 Å². The van der Waals surface area contributed by atoms with Crippen molar-refractivity contribution in [1.82, 2.24) is 10.2 Å². The van der Waals surface area contributed by atoms with Gasteiger partial charge in [0, 0.05) is 19.1 Å². The van der Waals surface area contributed by atoms with Crippen molar-refractivity contribution in [2.24, 2.45) is 5.92 Å². The van der Waals surface area contributed by atoms with Crippen LogP contribution in [0, 0.1) is 5.92 Å². The first-order chi connectivity index (χ1) is 7.36. The molecule has 0 aromatic rings. The first-order valence-corrected chi connectivity index (χ1v) is 6.82. The molecule has 0 radical (unpaired) electrons. The second kappa shape index (κ2) is 5.86. The van der Waals surface area contributed by atoms with Crippen LogP contribution in [0.15, 0.2) is 0 Å². The molecule has 15 heavy (non-hydrogen) atoms. The fourth-order valence-corrected chi connectivity index (χ4v) is 3.08. The molecule has 2 fully saturated rings. The van der Waals surface area contributed by atoms with E-state index in [0.717, 1.165) is 12.0 Å². The first kappa shape index (κ1) is 11.4. The lowest BCUT2D eigenvalue weighted by Crippen LogP contribution is -2.38. The van der Waals surface area contributed by atoms with E-state index in [0.29, 0.717) is 0 Å². The van der Waals surface area contributed by atoms with Gasteiger partial charge in [0.05, 0.1) is 0 Å². The molecule has 0 spiro atoms. The van der Waals surface area contributed by atoms with Crippen molar-refractivity contribution in [3.05, 3.63) is 0 Å². The molecule has 2 aliphatic rings. The summed E-state index contributed by atoms with van der Waals surface area (Å²) in [5, 5.41) is 3.71. The molecule has 2 nitrogen and oxygen atoms in total. The zero-order chi connectivity index (χ0) is 10.5. The molecule has 1 heterocycles. The maximum Gasteiger partial charge on any atom is 0.0107 e. The third-order valence-corrected chi connectivity index (χ3v) is 4.20. The van der Waals surface area contributed by atoms with Crippen molar-refractivity contribution in [2.75, 3.05) is 26.2 Å². The molecular weight excluding hydrogens is 184 g/mol. The molecule has 0 amide bonds. The second-order valence-corrected chi connectivity index (χ2v) is 5.34. The third kappa shape index (κ3) is 3.46. The number of hydrogen-bond acceptors (Lipinski definition) is 2. The van der Waals surface area contributed by atoms with Gasteiger partial charge in [-0.15, -0.1) is 0 Å². The van der Waals surface area contributed by atoms with Crippen molar-refractivity contribution in [1.29, 1.82) is 0 Å². The Kier molecular flexibility index (Phi) is 4.45. The Morgan fingerprint density at radius 3 is 2.47 bits per heavy atom. The number of likely N-dealkylation sites (tertiary alicyclic amines) is 1. The van der Waals surface area contributed by atoms with Crippen LogP contribution in [0.2, 0.25) is 0 Å². The summed E-state index contributed by atoms with van der Waals surface area (Å²) in [6, 6.07) is 0.745. The van der Waals surface area contributed by atoms with Crippen molar-refractivity contribution in [3.63, 3.8) is 0 Å². The standard InChI is InChI=1S/C13H26N2/c1-12(13-6-2-3-7-13)14-8-11-15-9-4-5-10-15/h12-14H,2-11H2,1H3. The summed E-state index contributed by atoms with van der Waals surface area (Å²) in [4.78, 5) is 2.59. The Morgan fingerprint density at radius 1 is 1.13 bits per heavy atom. The Labute approximate surface area is 94.4 Å². The van der Waals surface area contributed by atoms with E-state index < -0.39 is 0 Å². The predicted octanol–water partition coefficient (Wildman–Crippen LogP) is 2.25. The number of rotatable bonds is 5. The molecule has 1 aliphatic heterocycles. The van der Waals surface area contributed by atoms with E-state index in [-0.39, 0.29) is 0 Å². The molecule has 1 unspecified atom stereocenters. The second-order valence-electron chi connectivity index (χ2n) is 5.34. The zero-order valence-electron chi connectivity index (χ0n) is 10.2. The highest BCUT2D eigenvalue weighted by atomic mass is 15.2.